The van der Waals surface area contributed by atoms with E-state index >= 15 is 0 Å². The van der Waals surface area contributed by atoms with E-state index in [0.717, 1.165) is 31.6 Å². The number of nitrogens with zero attached hydrogens (tertiary/aromatic N) is 1. The Morgan fingerprint density at radius 2 is 2.14 bits per heavy atom. The molecule has 0 aromatic carbocycles. The predicted molar refractivity (Wildman–Crippen MR) is 54.4 cm³/mol. The van der Waals surface area contributed by atoms with E-state index < -0.39 is 0 Å². The Kier molecular flexibility index (Phi) is 2.53. The van der Waals surface area contributed by atoms with Crippen molar-refractivity contribution in [1.29, 1.82) is 5.26 Å². The van der Waals surface area contributed by atoms with Gasteiger partial charge in [0.2, 0.25) is 0 Å². The van der Waals surface area contributed by atoms with Crippen LogP contribution in [0.4, 0.5) is 0 Å². The van der Waals surface area contributed by atoms with Crippen molar-refractivity contribution in [3.05, 3.63) is 0 Å². The summed E-state index contributed by atoms with van der Waals surface area (Å²) >= 11 is 0. The van der Waals surface area contributed by atoms with Gasteiger partial charge in [-0.25, -0.2) is 0 Å². The fourth-order valence-corrected chi connectivity index (χ4v) is 2.83. The van der Waals surface area contributed by atoms with Crippen molar-refractivity contribution in [3.63, 3.8) is 0 Å². The lowest BCUT2D eigenvalue weighted by atomic mass is 9.75. The topological polar surface area (TPSA) is 44.0 Å². The minimum absolute atomic E-state index is 0.346. The predicted octanol–water partition coefficient (Wildman–Crippen LogP) is 2.48. The van der Waals surface area contributed by atoms with Gasteiger partial charge in [0.25, 0.3) is 0 Å². The second-order valence-corrected chi connectivity index (χ2v) is 5.24. The Morgan fingerprint density at radius 1 is 1.43 bits per heavy atom. The van der Waals surface area contributed by atoms with Gasteiger partial charge in [0.15, 0.2) is 0 Å². The molecule has 0 amide bonds. The smallest absolute Gasteiger partial charge is 0.0836 e. The number of hydrogen-bond donors (Lipinski definition) is 1. The van der Waals surface area contributed by atoms with E-state index in [1.807, 2.05) is 0 Å². The fraction of sp³-hybridized carbons (Fsp3) is 0.917. The summed E-state index contributed by atoms with van der Waals surface area (Å²) in [6.07, 6.45) is 6.23. The van der Waals surface area contributed by atoms with Gasteiger partial charge in [0.1, 0.15) is 0 Å². The molecular weight excluding hydrogens is 174 g/mol. The molecule has 2 rings (SSSR count). The van der Waals surface area contributed by atoms with E-state index in [1.165, 1.54) is 12.8 Å². The lowest BCUT2D eigenvalue weighted by molar-refractivity contribution is 0.0326. The van der Waals surface area contributed by atoms with Crippen molar-refractivity contribution < 1.29 is 5.11 Å². The quantitative estimate of drug-likeness (QED) is 0.732. The first-order valence-corrected chi connectivity index (χ1v) is 5.77. The van der Waals surface area contributed by atoms with Crippen molar-refractivity contribution in [2.75, 3.05) is 0 Å². The van der Waals surface area contributed by atoms with Crippen LogP contribution in [0.15, 0.2) is 0 Å². The van der Waals surface area contributed by atoms with Crippen molar-refractivity contribution in [3.8, 4) is 6.07 Å². The summed E-state index contributed by atoms with van der Waals surface area (Å²) in [5, 5.41) is 19.2. The summed E-state index contributed by atoms with van der Waals surface area (Å²) in [6.45, 7) is 2.25. The second kappa shape index (κ2) is 3.55. The third kappa shape index (κ3) is 1.66. The summed E-state index contributed by atoms with van der Waals surface area (Å²) in [5.41, 5.74) is -0.346. The van der Waals surface area contributed by atoms with Crippen LogP contribution in [-0.2, 0) is 0 Å². The molecule has 14 heavy (non-hydrogen) atoms. The van der Waals surface area contributed by atoms with Gasteiger partial charge < -0.3 is 5.11 Å². The summed E-state index contributed by atoms with van der Waals surface area (Å²) in [6, 6.07) is 2.31. The lowest BCUT2D eigenvalue weighted by Gasteiger charge is -2.32. The molecule has 2 aliphatic carbocycles. The van der Waals surface area contributed by atoms with Gasteiger partial charge in [-0.1, -0.05) is 19.8 Å². The Morgan fingerprint density at radius 3 is 2.64 bits per heavy atom. The second-order valence-electron chi connectivity index (χ2n) is 5.24. The Labute approximate surface area is 85.9 Å². The maximum atomic E-state index is 10.2. The van der Waals surface area contributed by atoms with Crippen LogP contribution < -0.4 is 0 Å². The van der Waals surface area contributed by atoms with Gasteiger partial charge in [0, 0.05) is 0 Å². The van der Waals surface area contributed by atoms with Gasteiger partial charge in [-0.2, -0.15) is 5.26 Å². The molecule has 0 bridgehead atoms. The minimum atomic E-state index is -0.352. The number of aliphatic hydroxyl groups excluding tert-OH is 1. The molecule has 2 saturated carbocycles. The van der Waals surface area contributed by atoms with E-state index in [1.54, 1.807) is 0 Å². The van der Waals surface area contributed by atoms with E-state index in [0.29, 0.717) is 5.92 Å². The average Bonchev–Trinajstić information content (AvgIpc) is 2.97. The molecule has 0 saturated heterocycles. The highest BCUT2D eigenvalue weighted by atomic mass is 16.3. The molecule has 1 N–H and O–H groups in total. The number of aliphatic hydroxyl groups is 1. The molecule has 0 radical (unpaired) electrons. The lowest BCUT2D eigenvalue weighted by Crippen LogP contribution is -2.32. The number of nitriles is 1. The van der Waals surface area contributed by atoms with Gasteiger partial charge in [0.05, 0.1) is 17.6 Å². The largest absolute Gasteiger partial charge is 0.391 e. The van der Waals surface area contributed by atoms with Gasteiger partial charge in [-0.3, -0.25) is 0 Å². The first kappa shape index (κ1) is 9.98. The van der Waals surface area contributed by atoms with Crippen molar-refractivity contribution >= 4 is 0 Å². The van der Waals surface area contributed by atoms with Crippen LogP contribution in [0.3, 0.4) is 0 Å². The van der Waals surface area contributed by atoms with Crippen LogP contribution in [0, 0.1) is 28.6 Å². The Bertz CT molecular complexity index is 252. The third-order valence-corrected chi connectivity index (χ3v) is 4.00. The van der Waals surface area contributed by atoms with E-state index in [-0.39, 0.29) is 11.5 Å². The molecule has 0 aromatic heterocycles. The highest BCUT2D eigenvalue weighted by molar-refractivity contribution is 5.15. The standard InChI is InChI=1S/C12H19NO/c1-9-3-2-4-10(7-9)11(14)12(8-13)5-6-12/h9-11,14H,2-7H2,1H3. The number of hydrogen-bond acceptors (Lipinski definition) is 2. The van der Waals surface area contributed by atoms with E-state index in [9.17, 15) is 5.11 Å². The molecule has 0 spiro atoms. The van der Waals surface area contributed by atoms with Crippen LogP contribution in [0.5, 0.6) is 0 Å². The van der Waals surface area contributed by atoms with Crippen LogP contribution in [0.25, 0.3) is 0 Å². The maximum Gasteiger partial charge on any atom is 0.0836 e. The third-order valence-electron chi connectivity index (χ3n) is 4.00. The molecule has 2 nitrogen and oxygen atoms in total. The highest BCUT2D eigenvalue weighted by Gasteiger charge is 2.52. The number of rotatable bonds is 2. The van der Waals surface area contributed by atoms with Gasteiger partial charge in [-0.05, 0) is 37.5 Å². The zero-order valence-corrected chi connectivity index (χ0v) is 8.87. The van der Waals surface area contributed by atoms with Crippen LogP contribution in [0.1, 0.15) is 45.4 Å². The van der Waals surface area contributed by atoms with Crippen LogP contribution in [-0.4, -0.2) is 11.2 Å². The first-order chi connectivity index (χ1) is 6.68. The SMILES string of the molecule is CC1CCCC(C(O)C2(C#N)CC2)C1. The zero-order chi connectivity index (χ0) is 10.2. The van der Waals surface area contributed by atoms with Crippen LogP contribution in [0.2, 0.25) is 0 Å². The van der Waals surface area contributed by atoms with Crippen LogP contribution >= 0.6 is 0 Å². The maximum absolute atomic E-state index is 10.2. The highest BCUT2D eigenvalue weighted by Crippen LogP contribution is 2.52. The van der Waals surface area contributed by atoms with Crippen molar-refractivity contribution in [2.45, 2.75) is 51.6 Å². The molecule has 0 aromatic rings. The van der Waals surface area contributed by atoms with Gasteiger partial charge in [-0.15, -0.1) is 0 Å². The van der Waals surface area contributed by atoms with Crippen molar-refractivity contribution in [2.24, 2.45) is 17.3 Å². The summed E-state index contributed by atoms with van der Waals surface area (Å²) in [4.78, 5) is 0. The van der Waals surface area contributed by atoms with Gasteiger partial charge >= 0.3 is 0 Å². The fourth-order valence-electron chi connectivity index (χ4n) is 2.83. The summed E-state index contributed by atoms with van der Waals surface area (Å²) < 4.78 is 0. The molecule has 78 valence electrons. The van der Waals surface area contributed by atoms with E-state index in [4.69, 9.17) is 5.26 Å². The van der Waals surface area contributed by atoms with Crippen molar-refractivity contribution in [1.82, 2.24) is 0 Å². The molecule has 3 unspecified atom stereocenters. The van der Waals surface area contributed by atoms with E-state index in [2.05, 4.69) is 13.0 Å². The molecule has 0 aliphatic heterocycles. The Balaban J connectivity index is 1.98. The summed E-state index contributed by atoms with van der Waals surface area (Å²) in [7, 11) is 0. The monoisotopic (exact) mass is 193 g/mol. The normalized spacial score (nSPS) is 37.2. The molecule has 2 heteroatoms. The molecular formula is C12H19NO. The zero-order valence-electron chi connectivity index (χ0n) is 8.87. The molecule has 0 heterocycles. The average molecular weight is 193 g/mol. The molecule has 3 atom stereocenters. The minimum Gasteiger partial charge on any atom is -0.391 e. The molecule has 2 fully saturated rings. The first-order valence-electron chi connectivity index (χ1n) is 5.77. The molecule has 2 aliphatic rings. The summed E-state index contributed by atoms with van der Waals surface area (Å²) in [5.74, 6) is 1.12. The Hall–Kier alpha value is -0.550.